The lowest BCUT2D eigenvalue weighted by Crippen LogP contribution is -2.37. The maximum absolute atomic E-state index is 11.8. The first-order chi connectivity index (χ1) is 10.8. The second kappa shape index (κ2) is 7.44. The van der Waals surface area contributed by atoms with Gasteiger partial charge in [0, 0.05) is 31.7 Å². The van der Waals surface area contributed by atoms with Crippen LogP contribution in [0.5, 0.6) is 0 Å². The lowest BCUT2D eigenvalue weighted by molar-refractivity contribution is 0.425. The van der Waals surface area contributed by atoms with Gasteiger partial charge in [-0.2, -0.15) is 0 Å². The van der Waals surface area contributed by atoms with Gasteiger partial charge in [0.15, 0.2) is 9.84 Å². The molecule has 0 saturated carbocycles. The average molecular weight is 341 g/mol. The molecule has 1 unspecified atom stereocenters. The van der Waals surface area contributed by atoms with Gasteiger partial charge in [0.1, 0.15) is 17.5 Å². The standard InChI is InChI=1S/C15H27N5O2S/c1-5-20(13-6-9-23(21,22)11-13)15-10-14(17-12(2)18-15)16-7-8-19(3)4/h10,13H,5-9,11H2,1-4H3,(H,16,17,18). The fourth-order valence-electron chi connectivity index (χ4n) is 2.83. The summed E-state index contributed by atoms with van der Waals surface area (Å²) < 4.78 is 23.5. The molecule has 1 N–H and O–H groups in total. The Morgan fingerprint density at radius 1 is 1.35 bits per heavy atom. The third kappa shape index (κ3) is 5.04. The molecule has 1 aliphatic rings. The van der Waals surface area contributed by atoms with Gasteiger partial charge in [0.2, 0.25) is 0 Å². The van der Waals surface area contributed by atoms with E-state index in [0.717, 1.165) is 31.3 Å². The highest BCUT2D eigenvalue weighted by molar-refractivity contribution is 7.91. The quantitative estimate of drug-likeness (QED) is 0.785. The molecule has 7 nitrogen and oxygen atoms in total. The number of sulfone groups is 1. The SMILES string of the molecule is CCN(c1cc(NCCN(C)C)nc(C)n1)C1CCS(=O)(=O)C1. The maximum atomic E-state index is 11.8. The zero-order valence-corrected chi connectivity index (χ0v) is 15.2. The van der Waals surface area contributed by atoms with Gasteiger partial charge in [0.05, 0.1) is 11.5 Å². The molecule has 23 heavy (non-hydrogen) atoms. The Labute approximate surface area is 139 Å². The first-order valence-electron chi connectivity index (χ1n) is 8.02. The highest BCUT2D eigenvalue weighted by Crippen LogP contribution is 2.24. The normalized spacial score (nSPS) is 20.0. The molecule has 130 valence electrons. The fraction of sp³-hybridized carbons (Fsp3) is 0.733. The topological polar surface area (TPSA) is 78.4 Å². The Kier molecular flexibility index (Phi) is 5.80. The van der Waals surface area contributed by atoms with Crippen LogP contribution in [0.3, 0.4) is 0 Å². The van der Waals surface area contributed by atoms with E-state index >= 15 is 0 Å². The van der Waals surface area contributed by atoms with Crippen molar-refractivity contribution in [3.05, 3.63) is 11.9 Å². The summed E-state index contributed by atoms with van der Waals surface area (Å²) >= 11 is 0. The van der Waals surface area contributed by atoms with Crippen molar-refractivity contribution in [1.82, 2.24) is 14.9 Å². The summed E-state index contributed by atoms with van der Waals surface area (Å²) in [5.74, 6) is 2.76. The molecule has 1 aromatic heterocycles. The molecule has 0 amide bonds. The van der Waals surface area contributed by atoms with Crippen LogP contribution in [0.25, 0.3) is 0 Å². The van der Waals surface area contributed by atoms with Crippen LogP contribution in [0, 0.1) is 6.92 Å². The molecule has 8 heteroatoms. The van der Waals surface area contributed by atoms with E-state index in [9.17, 15) is 8.42 Å². The van der Waals surface area contributed by atoms with Gasteiger partial charge in [-0.1, -0.05) is 0 Å². The summed E-state index contributed by atoms with van der Waals surface area (Å²) in [5.41, 5.74) is 0. The van der Waals surface area contributed by atoms with Crippen LogP contribution in [-0.4, -0.2) is 74.6 Å². The van der Waals surface area contributed by atoms with E-state index < -0.39 is 9.84 Å². The van der Waals surface area contributed by atoms with Crippen LogP contribution in [-0.2, 0) is 9.84 Å². The number of anilines is 2. The summed E-state index contributed by atoms with van der Waals surface area (Å²) in [6, 6.07) is 1.92. The number of hydrogen-bond acceptors (Lipinski definition) is 7. The molecule has 0 aromatic carbocycles. The molecule has 0 aliphatic carbocycles. The van der Waals surface area contributed by atoms with E-state index in [2.05, 4.69) is 25.1 Å². The molecule has 2 rings (SSSR count). The second-order valence-corrected chi connectivity index (χ2v) is 8.46. The predicted octanol–water partition coefficient (Wildman–Crippen LogP) is 0.772. The minimum atomic E-state index is -2.91. The van der Waals surface area contributed by atoms with Crippen molar-refractivity contribution in [3.8, 4) is 0 Å². The lowest BCUT2D eigenvalue weighted by Gasteiger charge is -2.28. The van der Waals surface area contributed by atoms with Crippen molar-refractivity contribution in [3.63, 3.8) is 0 Å². The van der Waals surface area contributed by atoms with E-state index in [1.54, 1.807) is 0 Å². The predicted molar refractivity (Wildman–Crippen MR) is 93.9 cm³/mol. The van der Waals surface area contributed by atoms with E-state index in [0.29, 0.717) is 12.2 Å². The molecular formula is C15H27N5O2S. The van der Waals surface area contributed by atoms with Crippen molar-refractivity contribution < 1.29 is 8.42 Å². The van der Waals surface area contributed by atoms with Crippen molar-refractivity contribution in [2.75, 3.05) is 55.5 Å². The van der Waals surface area contributed by atoms with Crippen LogP contribution in [0.4, 0.5) is 11.6 Å². The molecule has 0 spiro atoms. The number of nitrogens with one attached hydrogen (secondary N) is 1. The number of nitrogens with zero attached hydrogens (tertiary/aromatic N) is 4. The van der Waals surface area contributed by atoms with E-state index in [4.69, 9.17) is 0 Å². The van der Waals surface area contributed by atoms with Crippen LogP contribution < -0.4 is 10.2 Å². The van der Waals surface area contributed by atoms with Crippen molar-refractivity contribution in [1.29, 1.82) is 0 Å². The summed E-state index contributed by atoms with van der Waals surface area (Å²) in [4.78, 5) is 13.1. The largest absolute Gasteiger partial charge is 0.369 e. The first kappa shape index (κ1) is 17.9. The zero-order chi connectivity index (χ0) is 17.0. The minimum absolute atomic E-state index is 0.00826. The van der Waals surface area contributed by atoms with Crippen LogP contribution in [0.15, 0.2) is 6.07 Å². The molecular weight excluding hydrogens is 314 g/mol. The van der Waals surface area contributed by atoms with E-state index in [-0.39, 0.29) is 17.5 Å². The van der Waals surface area contributed by atoms with Gasteiger partial charge in [-0.3, -0.25) is 0 Å². The molecule has 1 saturated heterocycles. The summed E-state index contributed by atoms with van der Waals surface area (Å²) in [6.07, 6.45) is 0.669. The Bertz CT molecular complexity index is 633. The summed E-state index contributed by atoms with van der Waals surface area (Å²) in [5, 5.41) is 3.31. The molecule has 2 heterocycles. The molecule has 1 fully saturated rings. The second-order valence-electron chi connectivity index (χ2n) is 6.23. The highest BCUT2D eigenvalue weighted by atomic mass is 32.2. The Balaban J connectivity index is 2.15. The zero-order valence-electron chi connectivity index (χ0n) is 14.4. The maximum Gasteiger partial charge on any atom is 0.152 e. The molecule has 1 aromatic rings. The monoisotopic (exact) mass is 341 g/mol. The Morgan fingerprint density at radius 2 is 2.09 bits per heavy atom. The average Bonchev–Trinajstić information content (AvgIpc) is 2.79. The van der Waals surface area contributed by atoms with Crippen LogP contribution >= 0.6 is 0 Å². The minimum Gasteiger partial charge on any atom is -0.369 e. The van der Waals surface area contributed by atoms with Gasteiger partial charge in [-0.05, 0) is 34.4 Å². The fourth-order valence-corrected chi connectivity index (χ4v) is 4.56. The molecule has 0 bridgehead atoms. The summed E-state index contributed by atoms with van der Waals surface area (Å²) in [6.45, 7) is 6.33. The number of hydrogen-bond donors (Lipinski definition) is 1. The highest BCUT2D eigenvalue weighted by Gasteiger charge is 2.32. The molecule has 0 radical (unpaired) electrons. The van der Waals surface area contributed by atoms with E-state index in [1.165, 1.54) is 0 Å². The van der Waals surface area contributed by atoms with Crippen molar-refractivity contribution in [2.24, 2.45) is 0 Å². The smallest absolute Gasteiger partial charge is 0.152 e. The van der Waals surface area contributed by atoms with Gasteiger partial charge in [0.25, 0.3) is 0 Å². The molecule has 1 aliphatic heterocycles. The van der Waals surface area contributed by atoms with Gasteiger partial charge in [-0.25, -0.2) is 18.4 Å². The lowest BCUT2D eigenvalue weighted by atomic mass is 10.2. The number of aromatic nitrogens is 2. The Morgan fingerprint density at radius 3 is 2.65 bits per heavy atom. The first-order valence-corrected chi connectivity index (χ1v) is 9.84. The van der Waals surface area contributed by atoms with Crippen molar-refractivity contribution >= 4 is 21.5 Å². The molecule has 1 atom stereocenters. The van der Waals surface area contributed by atoms with Gasteiger partial charge < -0.3 is 15.1 Å². The van der Waals surface area contributed by atoms with Gasteiger partial charge >= 0.3 is 0 Å². The Hall–Kier alpha value is -1.41. The third-order valence-corrected chi connectivity index (χ3v) is 5.72. The number of likely N-dealkylation sites (N-methyl/N-ethyl adjacent to an activating group) is 1. The van der Waals surface area contributed by atoms with Gasteiger partial charge in [-0.15, -0.1) is 0 Å². The number of rotatable bonds is 7. The number of aryl methyl sites for hydroxylation is 1. The van der Waals surface area contributed by atoms with Crippen LogP contribution in [0.2, 0.25) is 0 Å². The van der Waals surface area contributed by atoms with Crippen LogP contribution in [0.1, 0.15) is 19.2 Å². The van der Waals surface area contributed by atoms with E-state index in [1.807, 2.05) is 34.0 Å². The summed E-state index contributed by atoms with van der Waals surface area (Å²) in [7, 11) is 1.14. The third-order valence-electron chi connectivity index (χ3n) is 3.97. The van der Waals surface area contributed by atoms with Crippen molar-refractivity contribution in [2.45, 2.75) is 26.3 Å².